The fraction of sp³-hybridized carbons (Fsp3) is 0.412. The number of pyridine rings is 4. The lowest BCUT2D eigenvalue weighted by Gasteiger charge is -2.26. The Bertz CT molecular complexity index is 3360. The van der Waals surface area contributed by atoms with Gasteiger partial charge in [0.1, 0.15) is 43.2 Å². The number of imide groups is 1. The van der Waals surface area contributed by atoms with Gasteiger partial charge in [-0.3, -0.25) is 52.7 Å². The number of nitrogens with one attached hydrogen (secondary N) is 5. The van der Waals surface area contributed by atoms with Crippen LogP contribution in [0.2, 0.25) is 0 Å². The molecule has 82 heavy (non-hydrogen) atoms. The quantitative estimate of drug-likeness (QED) is 0.0412. The van der Waals surface area contributed by atoms with Gasteiger partial charge in [0, 0.05) is 84.1 Å². The van der Waals surface area contributed by atoms with E-state index in [1.165, 1.54) is 46.2 Å². The van der Waals surface area contributed by atoms with Crippen LogP contribution in [0.1, 0.15) is 140 Å². The van der Waals surface area contributed by atoms with Crippen LogP contribution < -0.4 is 37.7 Å². The van der Waals surface area contributed by atoms with Crippen molar-refractivity contribution in [1.29, 1.82) is 0 Å². The van der Waals surface area contributed by atoms with Crippen LogP contribution in [0.5, 0.6) is 0 Å². The summed E-state index contributed by atoms with van der Waals surface area (Å²) in [6.45, 7) is -0.431. The molecular formula is C51H60N12O17S2. The van der Waals surface area contributed by atoms with Gasteiger partial charge in [-0.2, -0.15) is 9.46 Å². The van der Waals surface area contributed by atoms with Crippen molar-refractivity contribution in [2.75, 3.05) is 52.4 Å². The third-order valence-electron chi connectivity index (χ3n) is 13.0. The summed E-state index contributed by atoms with van der Waals surface area (Å²) in [7, 11) is 0. The number of carbonyl (C=O) groups excluding carboxylic acids is 10. The Kier molecular flexibility index (Phi) is 22.1. The maximum Gasteiger partial charge on any atom is 0.333 e. The van der Waals surface area contributed by atoms with E-state index in [0.717, 1.165) is 24.3 Å². The number of unbranched alkanes of at least 4 members (excludes halogenated alkanes) is 1. The third kappa shape index (κ3) is 16.2. The summed E-state index contributed by atoms with van der Waals surface area (Å²) in [5, 5.41) is 56.3. The normalized spacial score (nSPS) is 16.4. The Morgan fingerprint density at radius 3 is 1.56 bits per heavy atom. The minimum Gasteiger partial charge on any atom is -0.427 e. The highest BCUT2D eigenvalue weighted by Gasteiger charge is 2.33. The van der Waals surface area contributed by atoms with Gasteiger partial charge >= 0.3 is 5.97 Å². The first-order valence-corrected chi connectivity index (χ1v) is 26.8. The van der Waals surface area contributed by atoms with Crippen molar-refractivity contribution in [3.8, 4) is 0 Å². The lowest BCUT2D eigenvalue weighted by atomic mass is 10.1. The molecule has 1 atom stereocenters. The number of aromatic nitrogens is 4. The van der Waals surface area contributed by atoms with Gasteiger partial charge in [0.2, 0.25) is 5.91 Å². The standard InChI is InChI=1S/C51H60N12O17S2/c64-38(13-7-16-43(67)80-63-39(65)21-22-40(63)66)52-23-2-1-10-31-30-55-46(70)34-19-17-32(48(72)61(34)78)44(68)53-24-8-28-57(50(74)36-11-5-14-41(81)59(36)76)26-3-4-27-58(51(75)37-12-6-15-42(82)60(37)77)29-9-25-54-45(69)33-18-20-35(47(71)56-31)62(79)49(33)73/h5-6,11-12,14-15,17-20,31,76-79H,1-4,7-10,13,16,21-30H2,(H,52,64)(H,53,68)(H,54,69)(H,55,70)(H,56,71)/t31-/m0/s1. The highest BCUT2D eigenvalue weighted by Crippen LogP contribution is 2.15. The van der Waals surface area contributed by atoms with Gasteiger partial charge in [-0.05, 0) is 99.9 Å². The van der Waals surface area contributed by atoms with Crippen LogP contribution >= 0.6 is 24.4 Å². The van der Waals surface area contributed by atoms with Crippen molar-refractivity contribution in [2.45, 2.75) is 83.1 Å². The monoisotopic (exact) mass is 1180 g/mol. The summed E-state index contributed by atoms with van der Waals surface area (Å²) in [5.74, 6) is -7.83. The topological polar surface area (TPSA) is 385 Å². The van der Waals surface area contributed by atoms with E-state index in [2.05, 4.69) is 26.6 Å². The maximum atomic E-state index is 13.9. The van der Waals surface area contributed by atoms with E-state index in [-0.39, 0.29) is 147 Å². The number of hydroxylamine groups is 2. The number of hydrogen-bond acceptors (Lipinski definition) is 19. The second-order valence-corrected chi connectivity index (χ2v) is 19.6. The molecule has 0 spiro atoms. The molecule has 0 unspecified atom stereocenters. The fourth-order valence-electron chi connectivity index (χ4n) is 8.55. The molecule has 8 heterocycles. The molecule has 0 radical (unpaired) electrons. The smallest absolute Gasteiger partial charge is 0.333 e. The van der Waals surface area contributed by atoms with Crippen molar-refractivity contribution in [3.63, 3.8) is 0 Å². The van der Waals surface area contributed by atoms with Gasteiger partial charge in [-0.1, -0.05) is 36.6 Å². The number of amides is 9. The van der Waals surface area contributed by atoms with Crippen LogP contribution in [0.4, 0.5) is 0 Å². The van der Waals surface area contributed by atoms with Crippen molar-refractivity contribution in [2.24, 2.45) is 0 Å². The maximum absolute atomic E-state index is 13.9. The highest BCUT2D eigenvalue weighted by molar-refractivity contribution is 7.71. The van der Waals surface area contributed by atoms with Crippen molar-refractivity contribution in [1.82, 2.24) is 60.4 Å². The number of carbonyl (C=O) groups is 10. The Hall–Kier alpha value is -9.26. The van der Waals surface area contributed by atoms with Gasteiger partial charge < -0.3 is 62.1 Å². The minimum atomic E-state index is -1.29. The lowest BCUT2D eigenvalue weighted by Crippen LogP contribution is -2.46. The van der Waals surface area contributed by atoms with Crippen LogP contribution in [-0.2, 0) is 24.0 Å². The van der Waals surface area contributed by atoms with Crippen molar-refractivity contribution in [3.05, 3.63) is 125 Å². The number of fused-ring (bicyclic) bond motifs is 2. The van der Waals surface area contributed by atoms with Gasteiger partial charge in [-0.25, -0.2) is 4.79 Å². The molecule has 0 saturated carbocycles. The largest absolute Gasteiger partial charge is 0.427 e. The fourth-order valence-corrected chi connectivity index (χ4v) is 8.90. The molecule has 4 aliphatic heterocycles. The molecular weight excluding hydrogens is 1120 g/mol. The summed E-state index contributed by atoms with van der Waals surface area (Å²) in [4.78, 5) is 164. The molecule has 4 aliphatic rings. The second-order valence-electron chi connectivity index (χ2n) is 18.8. The molecule has 438 valence electrons. The number of nitrogens with zero attached hydrogens (tertiary/aromatic N) is 7. The molecule has 0 aromatic carbocycles. The predicted octanol–water partition coefficient (Wildman–Crippen LogP) is 0.932. The molecule has 1 fully saturated rings. The molecule has 4 bridgehead atoms. The van der Waals surface area contributed by atoms with Crippen molar-refractivity contribution >= 4 is 83.6 Å². The Morgan fingerprint density at radius 1 is 0.561 bits per heavy atom. The number of hydrogen-bond donors (Lipinski definition) is 9. The molecule has 9 amide bonds. The second kappa shape index (κ2) is 29.3. The zero-order chi connectivity index (χ0) is 59.6. The third-order valence-corrected chi connectivity index (χ3v) is 13.6. The first kappa shape index (κ1) is 61.9. The SMILES string of the molecule is O=C(CCCC(=O)ON1C(=O)CCC1=O)NCCCC[C@H]1CNC(=O)c2ccc(c(=O)n2O)C(=O)NCCCN(C(=O)c2cccc(=S)n2O)CCCCN(C(=O)c2cccc(=S)n2O)CCCNC(=O)c2ccc(n(O)c2=O)C(=O)N1. The Labute approximate surface area is 475 Å². The molecule has 31 heteroatoms. The van der Waals surface area contributed by atoms with Crippen LogP contribution in [-0.4, -0.2) is 172 Å². The van der Waals surface area contributed by atoms with Crippen LogP contribution in [0.15, 0.2) is 70.3 Å². The van der Waals surface area contributed by atoms with E-state index >= 15 is 0 Å². The molecule has 8 rings (SSSR count). The lowest BCUT2D eigenvalue weighted by molar-refractivity contribution is -0.197. The van der Waals surface area contributed by atoms with E-state index in [1.54, 1.807) is 0 Å². The van der Waals surface area contributed by atoms with Gasteiger partial charge in [-0.15, -0.1) is 14.5 Å². The van der Waals surface area contributed by atoms with Gasteiger partial charge in [0.25, 0.3) is 58.4 Å². The van der Waals surface area contributed by atoms with E-state index in [1.807, 2.05) is 0 Å². The van der Waals surface area contributed by atoms with E-state index < -0.39 is 105 Å². The summed E-state index contributed by atoms with van der Waals surface area (Å²) in [5.41, 5.74) is -5.29. The van der Waals surface area contributed by atoms with Crippen LogP contribution in [0, 0.1) is 9.28 Å². The first-order valence-electron chi connectivity index (χ1n) is 26.0. The molecule has 0 aliphatic carbocycles. The molecule has 4 aromatic heterocycles. The minimum absolute atomic E-state index is 0.0112. The van der Waals surface area contributed by atoms with Crippen LogP contribution in [0.3, 0.4) is 0 Å². The Morgan fingerprint density at radius 2 is 1.05 bits per heavy atom. The average molecular weight is 1180 g/mol. The average Bonchev–Trinajstić information content (AvgIpc) is 3.96. The van der Waals surface area contributed by atoms with E-state index in [4.69, 9.17) is 29.3 Å². The Balaban J connectivity index is 1.18. The first-order chi connectivity index (χ1) is 39.2. The predicted molar refractivity (Wildman–Crippen MR) is 287 cm³/mol. The summed E-state index contributed by atoms with van der Waals surface area (Å²) < 4.78 is 0.884. The van der Waals surface area contributed by atoms with Gasteiger partial charge in [0.05, 0.1) is 0 Å². The molecule has 29 nitrogen and oxygen atoms in total. The molecule has 9 N–H and O–H groups in total. The summed E-state index contributed by atoms with van der Waals surface area (Å²) in [6, 6.07) is 11.4. The zero-order valence-electron chi connectivity index (χ0n) is 44.0. The van der Waals surface area contributed by atoms with Crippen LogP contribution in [0.25, 0.3) is 0 Å². The van der Waals surface area contributed by atoms with Crippen molar-refractivity contribution < 1.29 is 73.6 Å². The van der Waals surface area contributed by atoms with E-state index in [9.17, 15) is 78.4 Å². The van der Waals surface area contributed by atoms with Gasteiger partial charge in [0.15, 0.2) is 0 Å². The summed E-state index contributed by atoms with van der Waals surface area (Å²) >= 11 is 10.3. The summed E-state index contributed by atoms with van der Waals surface area (Å²) in [6.07, 6.45) is 0.896. The zero-order valence-corrected chi connectivity index (χ0v) is 45.7. The highest BCUT2D eigenvalue weighted by atomic mass is 32.1. The molecule has 1 saturated heterocycles. The number of rotatable bonds is 12. The molecule has 4 aromatic rings. The van der Waals surface area contributed by atoms with E-state index in [0.29, 0.717) is 20.9 Å².